The molecule has 27 heavy (non-hydrogen) atoms. The number of hydrogen-bond donors (Lipinski definition) is 0. The van der Waals surface area contributed by atoms with Gasteiger partial charge in [-0.3, -0.25) is 0 Å². The number of aromatic nitrogens is 4. The van der Waals surface area contributed by atoms with Crippen molar-refractivity contribution in [3.05, 3.63) is 78.9 Å². The monoisotopic (exact) mass is 352 g/mol. The molecule has 130 valence electrons. The SMILES string of the molecule is COc1ccc2nc3c(nc2c1)c(-c1ccccc1)nn3-c1ccccc1. The van der Waals surface area contributed by atoms with Crippen molar-refractivity contribution in [3.8, 4) is 22.7 Å². The van der Waals surface area contributed by atoms with Crippen molar-refractivity contribution in [3.63, 3.8) is 0 Å². The summed E-state index contributed by atoms with van der Waals surface area (Å²) in [6.07, 6.45) is 0. The minimum atomic E-state index is 0.734. The lowest BCUT2D eigenvalue weighted by molar-refractivity contribution is 0.415. The molecule has 2 aromatic heterocycles. The van der Waals surface area contributed by atoms with E-state index in [4.69, 9.17) is 19.8 Å². The number of methoxy groups -OCH3 is 1. The molecular formula is C22H16N4O. The van der Waals surface area contributed by atoms with Crippen LogP contribution in [0.4, 0.5) is 0 Å². The van der Waals surface area contributed by atoms with Gasteiger partial charge in [-0.1, -0.05) is 48.5 Å². The molecule has 0 aliphatic rings. The summed E-state index contributed by atoms with van der Waals surface area (Å²) in [5.74, 6) is 0.757. The molecular weight excluding hydrogens is 336 g/mol. The van der Waals surface area contributed by atoms with Crippen LogP contribution in [0.15, 0.2) is 78.9 Å². The third kappa shape index (κ3) is 2.60. The van der Waals surface area contributed by atoms with Crippen LogP contribution >= 0.6 is 0 Å². The summed E-state index contributed by atoms with van der Waals surface area (Å²) in [6, 6.07) is 25.8. The maximum absolute atomic E-state index is 5.34. The highest BCUT2D eigenvalue weighted by Crippen LogP contribution is 2.30. The van der Waals surface area contributed by atoms with E-state index in [1.807, 2.05) is 83.5 Å². The third-order valence-corrected chi connectivity index (χ3v) is 4.53. The van der Waals surface area contributed by atoms with Gasteiger partial charge in [0.2, 0.25) is 0 Å². The topological polar surface area (TPSA) is 52.8 Å². The van der Waals surface area contributed by atoms with Crippen LogP contribution in [0.1, 0.15) is 0 Å². The Kier molecular flexibility index (Phi) is 3.57. The van der Waals surface area contributed by atoms with E-state index in [2.05, 4.69) is 0 Å². The summed E-state index contributed by atoms with van der Waals surface area (Å²) in [5.41, 5.74) is 5.86. The van der Waals surface area contributed by atoms with Gasteiger partial charge in [-0.05, 0) is 24.3 Å². The zero-order valence-corrected chi connectivity index (χ0v) is 14.7. The average Bonchev–Trinajstić information content (AvgIpc) is 3.11. The molecule has 0 aliphatic carbocycles. The number of fused-ring (bicyclic) bond motifs is 2. The van der Waals surface area contributed by atoms with Crippen LogP contribution in [0.25, 0.3) is 39.1 Å². The zero-order valence-electron chi connectivity index (χ0n) is 14.7. The summed E-state index contributed by atoms with van der Waals surface area (Å²) in [5, 5.41) is 4.86. The van der Waals surface area contributed by atoms with E-state index in [9.17, 15) is 0 Å². The molecule has 0 unspecified atom stereocenters. The van der Waals surface area contributed by atoms with Gasteiger partial charge in [0.15, 0.2) is 5.65 Å². The van der Waals surface area contributed by atoms with Gasteiger partial charge in [0.25, 0.3) is 0 Å². The number of rotatable bonds is 3. The smallest absolute Gasteiger partial charge is 0.182 e. The second kappa shape index (κ2) is 6.21. The first-order valence-corrected chi connectivity index (χ1v) is 8.69. The molecule has 0 radical (unpaired) electrons. The van der Waals surface area contributed by atoms with Crippen molar-refractivity contribution in [1.82, 2.24) is 19.7 Å². The molecule has 5 rings (SSSR count). The van der Waals surface area contributed by atoms with E-state index >= 15 is 0 Å². The Balaban J connectivity index is 1.86. The van der Waals surface area contributed by atoms with Crippen LogP contribution in [-0.4, -0.2) is 26.9 Å². The van der Waals surface area contributed by atoms with Crippen LogP contribution in [0.3, 0.4) is 0 Å². The predicted octanol–water partition coefficient (Wildman–Crippen LogP) is 4.64. The van der Waals surface area contributed by atoms with Gasteiger partial charge in [0, 0.05) is 11.6 Å². The maximum Gasteiger partial charge on any atom is 0.182 e. The lowest BCUT2D eigenvalue weighted by atomic mass is 10.1. The molecule has 5 heteroatoms. The third-order valence-electron chi connectivity index (χ3n) is 4.53. The Morgan fingerprint density at radius 2 is 1.52 bits per heavy atom. The van der Waals surface area contributed by atoms with Crippen molar-refractivity contribution in [2.45, 2.75) is 0 Å². The molecule has 0 bridgehead atoms. The molecule has 0 aliphatic heterocycles. The average molecular weight is 352 g/mol. The minimum Gasteiger partial charge on any atom is -0.497 e. The molecule has 5 aromatic rings. The minimum absolute atomic E-state index is 0.734. The van der Waals surface area contributed by atoms with Crippen molar-refractivity contribution in [2.75, 3.05) is 7.11 Å². The van der Waals surface area contributed by atoms with Gasteiger partial charge < -0.3 is 4.74 Å². The van der Waals surface area contributed by atoms with Crippen LogP contribution in [0.2, 0.25) is 0 Å². The highest BCUT2D eigenvalue weighted by atomic mass is 16.5. The molecule has 0 saturated carbocycles. The molecule has 0 atom stereocenters. The Morgan fingerprint density at radius 1 is 0.778 bits per heavy atom. The Hall–Kier alpha value is -3.73. The first kappa shape index (κ1) is 15.5. The van der Waals surface area contributed by atoms with Crippen LogP contribution in [0, 0.1) is 0 Å². The second-order valence-corrected chi connectivity index (χ2v) is 6.21. The quantitative estimate of drug-likeness (QED) is 0.474. The van der Waals surface area contributed by atoms with Crippen LogP contribution in [0.5, 0.6) is 5.75 Å². The predicted molar refractivity (Wildman–Crippen MR) is 106 cm³/mol. The van der Waals surface area contributed by atoms with Gasteiger partial charge in [-0.2, -0.15) is 5.10 Å². The number of para-hydroxylation sites is 1. The molecule has 2 heterocycles. The lowest BCUT2D eigenvalue weighted by Gasteiger charge is -2.04. The van der Waals surface area contributed by atoms with Crippen molar-refractivity contribution >= 4 is 22.2 Å². The van der Waals surface area contributed by atoms with E-state index in [-0.39, 0.29) is 0 Å². The van der Waals surface area contributed by atoms with Gasteiger partial charge in [0.1, 0.15) is 17.0 Å². The fourth-order valence-corrected chi connectivity index (χ4v) is 3.19. The number of ether oxygens (including phenoxy) is 1. The first-order valence-electron chi connectivity index (χ1n) is 8.69. The van der Waals surface area contributed by atoms with Crippen molar-refractivity contribution in [1.29, 1.82) is 0 Å². The molecule has 0 N–H and O–H groups in total. The second-order valence-electron chi connectivity index (χ2n) is 6.21. The molecule has 0 spiro atoms. The summed E-state index contributed by atoms with van der Waals surface area (Å²) >= 11 is 0. The number of hydrogen-bond acceptors (Lipinski definition) is 4. The zero-order chi connectivity index (χ0) is 18.2. The van der Waals surface area contributed by atoms with E-state index in [1.165, 1.54) is 0 Å². The molecule has 5 nitrogen and oxygen atoms in total. The molecule has 3 aromatic carbocycles. The van der Waals surface area contributed by atoms with Crippen LogP contribution < -0.4 is 4.74 Å². The van der Waals surface area contributed by atoms with Crippen molar-refractivity contribution in [2.24, 2.45) is 0 Å². The van der Waals surface area contributed by atoms with Gasteiger partial charge in [-0.15, -0.1) is 0 Å². The van der Waals surface area contributed by atoms with Crippen LogP contribution in [-0.2, 0) is 0 Å². The highest BCUT2D eigenvalue weighted by molar-refractivity contribution is 5.94. The number of benzene rings is 3. The Labute approximate surface area is 155 Å². The van der Waals surface area contributed by atoms with Gasteiger partial charge >= 0.3 is 0 Å². The lowest BCUT2D eigenvalue weighted by Crippen LogP contribution is -1.98. The highest BCUT2D eigenvalue weighted by Gasteiger charge is 2.17. The summed E-state index contributed by atoms with van der Waals surface area (Å²) in [6.45, 7) is 0. The van der Waals surface area contributed by atoms with E-state index in [1.54, 1.807) is 7.11 Å². The standard InChI is InChI=1S/C22H16N4O/c1-27-17-12-13-18-19(14-17)23-21-20(15-8-4-2-5-9-15)25-26(22(21)24-18)16-10-6-3-7-11-16/h2-14H,1H3. The Bertz CT molecular complexity index is 1250. The fourth-order valence-electron chi connectivity index (χ4n) is 3.19. The van der Waals surface area contributed by atoms with E-state index in [0.29, 0.717) is 0 Å². The molecule has 0 saturated heterocycles. The molecule has 0 amide bonds. The molecule has 0 fully saturated rings. The van der Waals surface area contributed by atoms with E-state index in [0.717, 1.165) is 44.9 Å². The first-order chi connectivity index (χ1) is 13.3. The largest absolute Gasteiger partial charge is 0.497 e. The summed E-state index contributed by atoms with van der Waals surface area (Å²) in [4.78, 5) is 9.74. The number of nitrogens with zero attached hydrogens (tertiary/aromatic N) is 4. The summed E-state index contributed by atoms with van der Waals surface area (Å²) in [7, 11) is 1.65. The summed E-state index contributed by atoms with van der Waals surface area (Å²) < 4.78 is 7.19. The van der Waals surface area contributed by atoms with Crippen molar-refractivity contribution < 1.29 is 4.74 Å². The maximum atomic E-state index is 5.34. The van der Waals surface area contributed by atoms with Gasteiger partial charge in [0.05, 0.1) is 23.8 Å². The normalized spacial score (nSPS) is 11.1. The van der Waals surface area contributed by atoms with Gasteiger partial charge in [-0.25, -0.2) is 14.6 Å². The Morgan fingerprint density at radius 3 is 2.26 bits per heavy atom. The van der Waals surface area contributed by atoms with E-state index < -0.39 is 0 Å². The fraction of sp³-hybridized carbons (Fsp3) is 0.0455.